The molecule has 6 heteroatoms. The number of pyridine rings is 1. The SMILES string of the molecule is O=c1c(Cl)nc2ccc(Cl)cc2n1-c1cccnc1. The van der Waals surface area contributed by atoms with Crippen molar-refractivity contribution < 1.29 is 0 Å². The van der Waals surface area contributed by atoms with Crippen molar-refractivity contribution in [3.05, 3.63) is 63.3 Å². The van der Waals surface area contributed by atoms with E-state index in [9.17, 15) is 4.79 Å². The van der Waals surface area contributed by atoms with Gasteiger partial charge in [-0.1, -0.05) is 23.2 Å². The standard InChI is InChI=1S/C13H7Cl2N3O/c14-8-3-4-10-11(6-8)18(13(19)12(15)17-10)9-2-1-5-16-7-9/h1-7H. The third-order valence-corrected chi connectivity index (χ3v) is 3.16. The Morgan fingerprint density at radius 3 is 2.74 bits per heavy atom. The van der Waals surface area contributed by atoms with Crippen LogP contribution in [0.3, 0.4) is 0 Å². The highest BCUT2D eigenvalue weighted by Gasteiger charge is 2.11. The Morgan fingerprint density at radius 1 is 1.16 bits per heavy atom. The van der Waals surface area contributed by atoms with Crippen LogP contribution in [0.5, 0.6) is 0 Å². The molecule has 0 amide bonds. The smallest absolute Gasteiger partial charge is 0.271 e. The van der Waals surface area contributed by atoms with Gasteiger partial charge in [0.05, 0.1) is 22.9 Å². The number of fused-ring (bicyclic) bond motifs is 1. The molecule has 2 heterocycles. The maximum absolute atomic E-state index is 12.2. The summed E-state index contributed by atoms with van der Waals surface area (Å²) in [5.74, 6) is 0. The summed E-state index contributed by atoms with van der Waals surface area (Å²) in [7, 11) is 0. The largest absolute Gasteiger partial charge is 0.293 e. The zero-order valence-electron chi connectivity index (χ0n) is 9.55. The van der Waals surface area contributed by atoms with Gasteiger partial charge >= 0.3 is 0 Å². The van der Waals surface area contributed by atoms with Gasteiger partial charge in [-0.05, 0) is 30.3 Å². The van der Waals surface area contributed by atoms with Gasteiger partial charge in [-0.2, -0.15) is 0 Å². The number of benzene rings is 1. The summed E-state index contributed by atoms with van der Waals surface area (Å²) in [5, 5.41) is 0.437. The predicted octanol–water partition coefficient (Wildman–Crippen LogP) is 3.09. The number of hydrogen-bond donors (Lipinski definition) is 0. The highest BCUT2D eigenvalue weighted by Crippen LogP contribution is 2.20. The van der Waals surface area contributed by atoms with Gasteiger partial charge in [-0.25, -0.2) is 4.98 Å². The average molecular weight is 292 g/mol. The average Bonchev–Trinajstić information content (AvgIpc) is 2.42. The Hall–Kier alpha value is -1.91. The van der Waals surface area contributed by atoms with Crippen molar-refractivity contribution in [1.82, 2.24) is 14.5 Å². The lowest BCUT2D eigenvalue weighted by Crippen LogP contribution is -2.20. The topological polar surface area (TPSA) is 47.8 Å². The van der Waals surface area contributed by atoms with E-state index in [0.717, 1.165) is 0 Å². The molecule has 1 aromatic carbocycles. The number of halogens is 2. The molecule has 0 unspecified atom stereocenters. The minimum atomic E-state index is -0.399. The van der Waals surface area contributed by atoms with E-state index in [1.165, 1.54) is 4.57 Å². The molecule has 0 fully saturated rings. The molecule has 0 N–H and O–H groups in total. The summed E-state index contributed by atoms with van der Waals surface area (Å²) in [4.78, 5) is 20.3. The lowest BCUT2D eigenvalue weighted by molar-refractivity contribution is 1.00. The van der Waals surface area contributed by atoms with Gasteiger partial charge in [0.2, 0.25) is 0 Å². The van der Waals surface area contributed by atoms with Crippen LogP contribution in [0.2, 0.25) is 10.2 Å². The third-order valence-electron chi connectivity index (χ3n) is 2.68. The molecular weight excluding hydrogens is 285 g/mol. The van der Waals surface area contributed by atoms with Crippen molar-refractivity contribution in [3.63, 3.8) is 0 Å². The quantitative estimate of drug-likeness (QED) is 0.692. The summed E-state index contributed by atoms with van der Waals surface area (Å²) in [5.41, 5.74) is 1.40. The predicted molar refractivity (Wildman–Crippen MR) is 75.2 cm³/mol. The lowest BCUT2D eigenvalue weighted by atomic mass is 10.3. The first-order valence-corrected chi connectivity index (χ1v) is 6.20. The van der Waals surface area contributed by atoms with E-state index >= 15 is 0 Å². The third kappa shape index (κ3) is 2.09. The molecule has 3 rings (SSSR count). The summed E-state index contributed by atoms with van der Waals surface area (Å²) >= 11 is 11.9. The van der Waals surface area contributed by atoms with E-state index in [2.05, 4.69) is 9.97 Å². The maximum atomic E-state index is 12.2. The Kier molecular flexibility index (Phi) is 2.97. The molecule has 0 aliphatic heterocycles. The van der Waals surface area contributed by atoms with Crippen molar-refractivity contribution in [3.8, 4) is 5.69 Å². The summed E-state index contributed by atoms with van der Waals surface area (Å²) in [6, 6.07) is 8.60. The van der Waals surface area contributed by atoms with Crippen molar-refractivity contribution in [2.24, 2.45) is 0 Å². The van der Waals surface area contributed by atoms with Crippen LogP contribution in [0, 0.1) is 0 Å². The van der Waals surface area contributed by atoms with Crippen molar-refractivity contribution in [1.29, 1.82) is 0 Å². The molecule has 0 aliphatic rings. The van der Waals surface area contributed by atoms with Gasteiger partial charge in [0, 0.05) is 11.2 Å². The maximum Gasteiger partial charge on any atom is 0.293 e. The fourth-order valence-corrected chi connectivity index (χ4v) is 2.21. The van der Waals surface area contributed by atoms with E-state index < -0.39 is 5.56 Å². The Labute approximate surface area is 118 Å². The number of rotatable bonds is 1. The fourth-order valence-electron chi connectivity index (χ4n) is 1.87. The lowest BCUT2D eigenvalue weighted by Gasteiger charge is -2.10. The van der Waals surface area contributed by atoms with Gasteiger partial charge in [0.1, 0.15) is 0 Å². The van der Waals surface area contributed by atoms with Crippen LogP contribution in [0.15, 0.2) is 47.5 Å². The van der Waals surface area contributed by atoms with Gasteiger partial charge in [-0.3, -0.25) is 14.3 Å². The van der Waals surface area contributed by atoms with Crippen LogP contribution < -0.4 is 5.56 Å². The molecule has 19 heavy (non-hydrogen) atoms. The number of nitrogens with zero attached hydrogens (tertiary/aromatic N) is 3. The Bertz CT molecular complexity index is 815. The number of hydrogen-bond acceptors (Lipinski definition) is 3. The molecular formula is C13H7Cl2N3O. The molecule has 3 aromatic rings. The normalized spacial score (nSPS) is 10.8. The van der Waals surface area contributed by atoms with Gasteiger partial charge < -0.3 is 0 Å². The second-order valence-electron chi connectivity index (χ2n) is 3.89. The zero-order valence-corrected chi connectivity index (χ0v) is 11.1. The van der Waals surface area contributed by atoms with Gasteiger partial charge in [0.15, 0.2) is 5.15 Å². The zero-order chi connectivity index (χ0) is 13.4. The first-order chi connectivity index (χ1) is 9.16. The monoisotopic (exact) mass is 291 g/mol. The van der Waals surface area contributed by atoms with Crippen molar-refractivity contribution >= 4 is 34.2 Å². The molecule has 0 atom stereocenters. The van der Waals surface area contributed by atoms with Crippen molar-refractivity contribution in [2.75, 3.05) is 0 Å². The minimum absolute atomic E-state index is 0.0846. The van der Waals surface area contributed by atoms with Crippen molar-refractivity contribution in [2.45, 2.75) is 0 Å². The van der Waals surface area contributed by atoms with Crippen LogP contribution in [0.1, 0.15) is 0 Å². The molecule has 0 saturated heterocycles. The van der Waals surface area contributed by atoms with E-state index in [0.29, 0.717) is 21.7 Å². The van der Waals surface area contributed by atoms with E-state index in [1.54, 1.807) is 42.7 Å². The molecule has 4 nitrogen and oxygen atoms in total. The van der Waals surface area contributed by atoms with E-state index in [-0.39, 0.29) is 5.15 Å². The van der Waals surface area contributed by atoms with E-state index in [4.69, 9.17) is 23.2 Å². The molecule has 2 aromatic heterocycles. The summed E-state index contributed by atoms with van der Waals surface area (Å²) < 4.78 is 1.45. The molecule has 0 spiro atoms. The first-order valence-electron chi connectivity index (χ1n) is 5.45. The van der Waals surface area contributed by atoms with Gasteiger partial charge in [0.25, 0.3) is 5.56 Å². The molecule has 94 valence electrons. The Morgan fingerprint density at radius 2 is 2.00 bits per heavy atom. The van der Waals surface area contributed by atoms with Gasteiger partial charge in [-0.15, -0.1) is 0 Å². The summed E-state index contributed by atoms with van der Waals surface area (Å²) in [6.07, 6.45) is 3.21. The minimum Gasteiger partial charge on any atom is -0.271 e. The molecule has 0 saturated carbocycles. The fraction of sp³-hybridized carbons (Fsp3) is 0. The first kappa shape index (κ1) is 12.1. The second kappa shape index (κ2) is 4.64. The number of aromatic nitrogens is 3. The van der Waals surface area contributed by atoms with Crippen LogP contribution in [0.25, 0.3) is 16.7 Å². The highest BCUT2D eigenvalue weighted by molar-refractivity contribution is 6.31. The Balaban J connectivity index is 2.48. The van der Waals surface area contributed by atoms with Crippen LogP contribution >= 0.6 is 23.2 Å². The second-order valence-corrected chi connectivity index (χ2v) is 4.68. The van der Waals surface area contributed by atoms with E-state index in [1.807, 2.05) is 0 Å². The summed E-state index contributed by atoms with van der Waals surface area (Å²) in [6.45, 7) is 0. The molecule has 0 radical (unpaired) electrons. The molecule has 0 aliphatic carbocycles. The van der Waals surface area contributed by atoms with Crippen LogP contribution in [0.4, 0.5) is 0 Å². The van der Waals surface area contributed by atoms with Crippen LogP contribution in [-0.4, -0.2) is 14.5 Å². The van der Waals surface area contributed by atoms with Crippen LogP contribution in [-0.2, 0) is 0 Å². The molecule has 0 bridgehead atoms. The highest BCUT2D eigenvalue weighted by atomic mass is 35.5.